The highest BCUT2D eigenvalue weighted by Gasteiger charge is 2.39. The van der Waals surface area contributed by atoms with E-state index in [9.17, 15) is 4.57 Å². The molecule has 1 N–H and O–H groups in total. The van der Waals surface area contributed by atoms with Crippen LogP contribution in [-0.4, -0.2) is 20.0 Å². The Morgan fingerprint density at radius 1 is 0.935 bits per heavy atom. The molecule has 0 radical (unpaired) electrons. The number of hydrogen-bond acceptors (Lipinski definition) is 6. The summed E-state index contributed by atoms with van der Waals surface area (Å²) in [5.41, 5.74) is 1.89. The normalized spacial score (nSPS) is 15.1. The number of fused-ring (bicyclic) bond motifs is 1. The van der Waals surface area contributed by atoms with Crippen molar-refractivity contribution in [3.8, 4) is 11.5 Å². The second kappa shape index (κ2) is 11.7. The lowest BCUT2D eigenvalue weighted by Gasteiger charge is -2.31. The maximum Gasteiger partial charge on any atom is 0.351 e. The molecule has 0 saturated heterocycles. The summed E-state index contributed by atoms with van der Waals surface area (Å²) in [5, 5.41) is 3.53. The highest BCUT2D eigenvalue weighted by atomic mass is 31.2. The van der Waals surface area contributed by atoms with Crippen molar-refractivity contribution in [2.45, 2.75) is 58.3 Å². The van der Waals surface area contributed by atoms with Crippen molar-refractivity contribution in [2.24, 2.45) is 0 Å². The standard InChI is InChI=1S/C24H34NO5P/c1-4-6-15-29-31(26,30-16-7-5-2)24(25-19(3)20-11-9-8-10-12-20)21-13-14-22-23(17-21)28-18-27-22/h8-14,17,19,24-25H,4-7,15-16,18H2,1-3H3/t19-,24?/m0/s1. The first kappa shape index (κ1) is 23.8. The number of benzene rings is 2. The maximum absolute atomic E-state index is 14.2. The zero-order valence-electron chi connectivity index (χ0n) is 18.7. The number of ether oxygens (including phenoxy) is 2. The van der Waals surface area contributed by atoms with Crippen molar-refractivity contribution >= 4 is 7.60 Å². The molecule has 3 rings (SSSR count). The third kappa shape index (κ3) is 6.33. The molecule has 2 aromatic rings. The van der Waals surface area contributed by atoms with Gasteiger partial charge in [0, 0.05) is 6.04 Å². The second-order valence-electron chi connectivity index (χ2n) is 7.73. The minimum atomic E-state index is -3.52. The van der Waals surface area contributed by atoms with Crippen molar-refractivity contribution < 1.29 is 23.1 Å². The third-order valence-electron chi connectivity index (χ3n) is 5.27. The summed E-state index contributed by atoms with van der Waals surface area (Å²) in [5.74, 6) is 0.698. The molecule has 0 aliphatic carbocycles. The van der Waals surface area contributed by atoms with Crippen molar-refractivity contribution in [3.63, 3.8) is 0 Å². The van der Waals surface area contributed by atoms with Gasteiger partial charge in [-0.25, -0.2) is 0 Å². The van der Waals surface area contributed by atoms with Crippen LogP contribution in [0.4, 0.5) is 0 Å². The van der Waals surface area contributed by atoms with E-state index < -0.39 is 13.4 Å². The second-order valence-corrected chi connectivity index (χ2v) is 9.84. The SMILES string of the molecule is CCCCOP(=O)(OCCCC)C(N[C@@H](C)c1ccccc1)c1ccc2c(c1)OCO2. The summed E-state index contributed by atoms with van der Waals surface area (Å²) < 4.78 is 37.1. The molecule has 170 valence electrons. The number of unbranched alkanes of at least 4 members (excludes halogenated alkanes) is 2. The van der Waals surface area contributed by atoms with Gasteiger partial charge in [0.25, 0.3) is 0 Å². The van der Waals surface area contributed by atoms with E-state index in [-0.39, 0.29) is 12.8 Å². The van der Waals surface area contributed by atoms with E-state index in [0.29, 0.717) is 24.7 Å². The van der Waals surface area contributed by atoms with E-state index in [1.807, 2.05) is 36.4 Å². The van der Waals surface area contributed by atoms with Crippen LogP contribution in [0.3, 0.4) is 0 Å². The Hall–Kier alpha value is -1.85. The molecule has 6 nitrogen and oxygen atoms in total. The van der Waals surface area contributed by atoms with Crippen LogP contribution in [0.1, 0.15) is 69.4 Å². The number of hydrogen-bond donors (Lipinski definition) is 1. The van der Waals surface area contributed by atoms with Crippen LogP contribution in [-0.2, 0) is 13.6 Å². The van der Waals surface area contributed by atoms with Gasteiger partial charge in [0.2, 0.25) is 6.79 Å². The molecule has 0 spiro atoms. The maximum atomic E-state index is 14.2. The van der Waals surface area contributed by atoms with Gasteiger partial charge in [0.1, 0.15) is 5.78 Å². The van der Waals surface area contributed by atoms with E-state index in [2.05, 4.69) is 38.2 Å². The van der Waals surface area contributed by atoms with E-state index in [4.69, 9.17) is 18.5 Å². The molecule has 2 atom stereocenters. The Kier molecular flexibility index (Phi) is 8.97. The van der Waals surface area contributed by atoms with E-state index in [0.717, 1.165) is 36.8 Å². The Morgan fingerprint density at radius 2 is 1.58 bits per heavy atom. The summed E-state index contributed by atoms with van der Waals surface area (Å²) in [6, 6.07) is 15.6. The first-order chi connectivity index (χ1) is 15.1. The van der Waals surface area contributed by atoms with E-state index >= 15 is 0 Å². The molecule has 1 aliphatic rings. The third-order valence-corrected chi connectivity index (χ3v) is 7.44. The van der Waals surface area contributed by atoms with Crippen LogP contribution in [0.2, 0.25) is 0 Å². The average molecular weight is 448 g/mol. The average Bonchev–Trinajstić information content (AvgIpc) is 3.26. The van der Waals surface area contributed by atoms with Crippen molar-refractivity contribution in [3.05, 3.63) is 59.7 Å². The van der Waals surface area contributed by atoms with Gasteiger partial charge in [-0.15, -0.1) is 0 Å². The van der Waals surface area contributed by atoms with E-state index in [1.54, 1.807) is 0 Å². The monoisotopic (exact) mass is 447 g/mol. The van der Waals surface area contributed by atoms with Gasteiger partial charge < -0.3 is 18.5 Å². The van der Waals surface area contributed by atoms with E-state index in [1.165, 1.54) is 0 Å². The minimum Gasteiger partial charge on any atom is -0.454 e. The molecule has 1 unspecified atom stereocenters. The lowest BCUT2D eigenvalue weighted by molar-refractivity contribution is 0.174. The summed E-state index contributed by atoms with van der Waals surface area (Å²) in [6.07, 6.45) is 3.56. The largest absolute Gasteiger partial charge is 0.454 e. The first-order valence-corrected chi connectivity index (χ1v) is 12.8. The van der Waals surface area contributed by atoms with Gasteiger partial charge >= 0.3 is 7.60 Å². The number of rotatable bonds is 13. The van der Waals surface area contributed by atoms with Gasteiger partial charge in [-0.05, 0) is 43.0 Å². The predicted molar refractivity (Wildman–Crippen MR) is 123 cm³/mol. The summed E-state index contributed by atoms with van der Waals surface area (Å²) in [7, 11) is -3.52. The molecule has 7 heteroatoms. The quantitative estimate of drug-likeness (QED) is 0.276. The van der Waals surface area contributed by atoms with Gasteiger partial charge in [0.05, 0.1) is 13.2 Å². The van der Waals surface area contributed by atoms with Crippen LogP contribution in [0, 0.1) is 0 Å². The van der Waals surface area contributed by atoms with Crippen molar-refractivity contribution in [1.29, 1.82) is 0 Å². The Morgan fingerprint density at radius 3 is 2.23 bits per heavy atom. The Balaban J connectivity index is 1.93. The fourth-order valence-corrected chi connectivity index (χ4v) is 5.46. The molecule has 2 aromatic carbocycles. The van der Waals surface area contributed by atoms with Crippen LogP contribution in [0.15, 0.2) is 48.5 Å². The van der Waals surface area contributed by atoms with Crippen molar-refractivity contribution in [1.82, 2.24) is 5.32 Å². The van der Waals surface area contributed by atoms with Crippen LogP contribution >= 0.6 is 7.60 Å². The molecule has 0 fully saturated rings. The lowest BCUT2D eigenvalue weighted by Crippen LogP contribution is -2.26. The molecule has 1 heterocycles. The van der Waals surface area contributed by atoms with Crippen LogP contribution in [0.5, 0.6) is 11.5 Å². The smallest absolute Gasteiger partial charge is 0.351 e. The van der Waals surface area contributed by atoms with Crippen molar-refractivity contribution in [2.75, 3.05) is 20.0 Å². The Labute approximate surface area is 185 Å². The number of nitrogens with one attached hydrogen (secondary N) is 1. The minimum absolute atomic E-state index is 0.0606. The van der Waals surface area contributed by atoms with Gasteiger partial charge in [-0.2, -0.15) is 0 Å². The summed E-state index contributed by atoms with van der Waals surface area (Å²) in [4.78, 5) is 0. The molecule has 1 aliphatic heterocycles. The zero-order valence-corrected chi connectivity index (χ0v) is 19.6. The van der Waals surface area contributed by atoms with Gasteiger partial charge in [-0.3, -0.25) is 9.88 Å². The van der Waals surface area contributed by atoms with Crippen LogP contribution < -0.4 is 14.8 Å². The zero-order chi connectivity index (χ0) is 22.1. The molecule has 0 amide bonds. The van der Waals surface area contributed by atoms with Gasteiger partial charge in [-0.1, -0.05) is 63.1 Å². The molecule has 0 saturated carbocycles. The highest BCUT2D eigenvalue weighted by Crippen LogP contribution is 2.61. The molecular weight excluding hydrogens is 413 g/mol. The first-order valence-electron chi connectivity index (χ1n) is 11.2. The predicted octanol–water partition coefficient (Wildman–Crippen LogP) is 6.59. The van der Waals surface area contributed by atoms with Crippen LogP contribution in [0.25, 0.3) is 0 Å². The summed E-state index contributed by atoms with van der Waals surface area (Å²) >= 11 is 0. The topological polar surface area (TPSA) is 66.0 Å². The molecular formula is C24H34NO5P. The molecule has 31 heavy (non-hydrogen) atoms. The van der Waals surface area contributed by atoms with Gasteiger partial charge in [0.15, 0.2) is 11.5 Å². The lowest BCUT2D eigenvalue weighted by atomic mass is 10.1. The molecule has 0 bridgehead atoms. The Bertz CT molecular complexity index is 846. The molecule has 0 aromatic heterocycles. The highest BCUT2D eigenvalue weighted by molar-refractivity contribution is 7.54. The summed E-state index contributed by atoms with van der Waals surface area (Å²) in [6.45, 7) is 7.19. The fourth-order valence-electron chi connectivity index (χ4n) is 3.39. The fraction of sp³-hybridized carbons (Fsp3) is 0.500.